The van der Waals surface area contributed by atoms with E-state index in [4.69, 9.17) is 21.1 Å². The van der Waals surface area contributed by atoms with Gasteiger partial charge in [0.2, 0.25) is 5.28 Å². The predicted molar refractivity (Wildman–Crippen MR) is 127 cm³/mol. The van der Waals surface area contributed by atoms with Crippen molar-refractivity contribution in [3.8, 4) is 0 Å². The van der Waals surface area contributed by atoms with Crippen LogP contribution in [0.4, 0.5) is 5.82 Å². The molecule has 2 aromatic heterocycles. The number of hydrogen-bond acceptors (Lipinski definition) is 8. The number of nitrogens with zero attached hydrogens (tertiary/aromatic N) is 5. The van der Waals surface area contributed by atoms with Gasteiger partial charge in [0.25, 0.3) is 0 Å². The molecule has 9 heteroatoms. The highest BCUT2D eigenvalue weighted by Gasteiger charge is 2.27. The van der Waals surface area contributed by atoms with Crippen LogP contribution in [0.2, 0.25) is 5.28 Å². The Morgan fingerprint density at radius 3 is 2.65 bits per heavy atom. The third-order valence-corrected chi connectivity index (χ3v) is 7.58. The highest BCUT2D eigenvalue weighted by Crippen LogP contribution is 2.34. The smallest absolute Gasteiger partial charge is 0.224 e. The summed E-state index contributed by atoms with van der Waals surface area (Å²) in [5.41, 5.74) is 0.960. The van der Waals surface area contributed by atoms with Crippen LogP contribution in [0.1, 0.15) is 31.6 Å². The Kier molecular flexibility index (Phi) is 8.01. The summed E-state index contributed by atoms with van der Waals surface area (Å²) >= 11 is 8.06. The van der Waals surface area contributed by atoms with Gasteiger partial charge in [0.05, 0.1) is 30.0 Å². The van der Waals surface area contributed by atoms with Crippen LogP contribution in [-0.2, 0) is 16.0 Å². The van der Waals surface area contributed by atoms with Gasteiger partial charge in [0, 0.05) is 63.3 Å². The summed E-state index contributed by atoms with van der Waals surface area (Å²) in [5.74, 6) is 0.957. The molecule has 4 heterocycles. The summed E-state index contributed by atoms with van der Waals surface area (Å²) in [5, 5.41) is 0.323. The number of anilines is 1. The lowest BCUT2D eigenvalue weighted by atomic mass is 10.0. The van der Waals surface area contributed by atoms with Crippen molar-refractivity contribution >= 4 is 39.0 Å². The van der Waals surface area contributed by atoms with E-state index in [9.17, 15) is 0 Å². The first-order valence-corrected chi connectivity index (χ1v) is 12.5. The zero-order valence-electron chi connectivity index (χ0n) is 18.8. The van der Waals surface area contributed by atoms with Crippen LogP contribution in [0.25, 0.3) is 10.2 Å². The van der Waals surface area contributed by atoms with Crippen LogP contribution in [0.3, 0.4) is 0 Å². The van der Waals surface area contributed by atoms with E-state index in [1.807, 2.05) is 11.3 Å². The molecule has 2 saturated heterocycles. The number of thiophene rings is 1. The lowest BCUT2D eigenvalue weighted by molar-refractivity contribution is 0.0569. The molecular weight excluding hydrogens is 434 g/mol. The Hall–Kier alpha value is -1.03. The second kappa shape index (κ2) is 10.7. The fourth-order valence-corrected chi connectivity index (χ4v) is 6.02. The average Bonchev–Trinajstić information content (AvgIpc) is 3.17. The van der Waals surface area contributed by atoms with Crippen LogP contribution >= 0.6 is 22.9 Å². The predicted octanol–water partition coefficient (Wildman–Crippen LogP) is 3.50. The van der Waals surface area contributed by atoms with E-state index in [0.717, 1.165) is 75.1 Å². The lowest BCUT2D eigenvalue weighted by Crippen LogP contribution is -2.48. The molecule has 0 radical (unpaired) electrons. The van der Waals surface area contributed by atoms with Crippen molar-refractivity contribution in [3.63, 3.8) is 0 Å². The monoisotopic (exact) mass is 467 g/mol. The van der Waals surface area contributed by atoms with E-state index in [1.54, 1.807) is 7.11 Å². The molecule has 0 aliphatic carbocycles. The first kappa shape index (κ1) is 23.1. The topological polar surface area (TPSA) is 54.0 Å². The van der Waals surface area contributed by atoms with E-state index in [1.165, 1.54) is 17.7 Å². The second-order valence-electron chi connectivity index (χ2n) is 8.67. The number of morpholine rings is 1. The molecule has 2 aliphatic heterocycles. The minimum Gasteiger partial charge on any atom is -0.383 e. The van der Waals surface area contributed by atoms with Crippen LogP contribution in [0, 0.1) is 0 Å². The van der Waals surface area contributed by atoms with Crippen molar-refractivity contribution in [3.05, 3.63) is 16.2 Å². The van der Waals surface area contributed by atoms with Gasteiger partial charge in [-0.1, -0.05) is 0 Å². The quantitative estimate of drug-likeness (QED) is 0.550. The van der Waals surface area contributed by atoms with E-state index >= 15 is 0 Å². The third-order valence-electron chi connectivity index (χ3n) is 6.31. The van der Waals surface area contributed by atoms with Crippen LogP contribution in [0.5, 0.6) is 0 Å². The van der Waals surface area contributed by atoms with Gasteiger partial charge in [0.1, 0.15) is 0 Å². The zero-order chi connectivity index (χ0) is 21.8. The van der Waals surface area contributed by atoms with Crippen LogP contribution < -0.4 is 4.90 Å². The van der Waals surface area contributed by atoms with Crippen LogP contribution in [0.15, 0.2) is 6.07 Å². The Balaban J connectivity index is 1.41. The summed E-state index contributed by atoms with van der Waals surface area (Å²) in [6, 6.07) is 3.39. The van der Waals surface area contributed by atoms with Gasteiger partial charge in [-0.3, -0.25) is 9.80 Å². The molecule has 0 N–H and O–H groups in total. The molecule has 0 aromatic carbocycles. The number of likely N-dealkylation sites (tertiary alicyclic amines) is 1. The Morgan fingerprint density at radius 1 is 1.23 bits per heavy atom. The summed E-state index contributed by atoms with van der Waals surface area (Å²) in [6.07, 6.45) is 2.41. The van der Waals surface area contributed by atoms with Crippen molar-refractivity contribution in [1.29, 1.82) is 0 Å². The largest absolute Gasteiger partial charge is 0.383 e. The maximum absolute atomic E-state index is 6.25. The molecule has 31 heavy (non-hydrogen) atoms. The fraction of sp³-hybridized carbons (Fsp3) is 0.727. The van der Waals surface area contributed by atoms with Gasteiger partial charge in [-0.05, 0) is 44.4 Å². The molecule has 4 rings (SSSR count). The molecule has 0 amide bonds. The fourth-order valence-electron chi connectivity index (χ4n) is 4.69. The number of methoxy groups -OCH3 is 1. The molecule has 2 aromatic rings. The van der Waals surface area contributed by atoms with Gasteiger partial charge in [-0.25, -0.2) is 4.98 Å². The van der Waals surface area contributed by atoms with Crippen molar-refractivity contribution in [2.75, 3.05) is 64.6 Å². The average molecular weight is 468 g/mol. The molecule has 0 spiro atoms. The number of piperidine rings is 1. The first-order chi connectivity index (χ1) is 15.0. The van der Waals surface area contributed by atoms with Crippen molar-refractivity contribution < 1.29 is 9.47 Å². The van der Waals surface area contributed by atoms with Gasteiger partial charge in [0.15, 0.2) is 5.82 Å². The number of ether oxygens (including phenoxy) is 2. The molecule has 0 saturated carbocycles. The second-order valence-corrected chi connectivity index (χ2v) is 10.1. The number of hydrogen-bond donors (Lipinski definition) is 0. The number of fused-ring (bicyclic) bond motifs is 1. The van der Waals surface area contributed by atoms with E-state index in [2.05, 4.69) is 44.6 Å². The molecule has 2 fully saturated rings. The highest BCUT2D eigenvalue weighted by molar-refractivity contribution is 7.19. The number of aromatic nitrogens is 2. The molecule has 0 atom stereocenters. The molecule has 0 bridgehead atoms. The van der Waals surface area contributed by atoms with Gasteiger partial charge >= 0.3 is 0 Å². The maximum atomic E-state index is 6.25. The summed E-state index contributed by atoms with van der Waals surface area (Å²) in [4.78, 5) is 17.8. The summed E-state index contributed by atoms with van der Waals surface area (Å²) in [7, 11) is 1.79. The van der Waals surface area contributed by atoms with E-state index < -0.39 is 0 Å². The molecule has 7 nitrogen and oxygen atoms in total. The van der Waals surface area contributed by atoms with Gasteiger partial charge in [-0.15, -0.1) is 11.3 Å². The SMILES string of the molecule is COCCN(C(C)C)C1CCN(Cc2cc3nc(Cl)nc(N4CCOCC4)c3s2)CC1. The number of halogens is 1. The third kappa shape index (κ3) is 5.67. The lowest BCUT2D eigenvalue weighted by Gasteiger charge is -2.40. The van der Waals surface area contributed by atoms with Gasteiger partial charge in [-0.2, -0.15) is 4.98 Å². The zero-order valence-corrected chi connectivity index (χ0v) is 20.4. The van der Waals surface area contributed by atoms with Crippen LogP contribution in [-0.4, -0.2) is 91.5 Å². The first-order valence-electron chi connectivity index (χ1n) is 11.3. The van der Waals surface area contributed by atoms with E-state index in [0.29, 0.717) is 17.4 Å². The van der Waals surface area contributed by atoms with E-state index in [-0.39, 0.29) is 0 Å². The molecule has 2 aliphatic rings. The Morgan fingerprint density at radius 2 is 1.97 bits per heavy atom. The number of rotatable bonds is 8. The Bertz CT molecular complexity index is 850. The maximum Gasteiger partial charge on any atom is 0.224 e. The molecule has 172 valence electrons. The van der Waals surface area contributed by atoms with Gasteiger partial charge < -0.3 is 14.4 Å². The minimum atomic E-state index is 0.323. The Labute approximate surface area is 194 Å². The highest BCUT2D eigenvalue weighted by atomic mass is 35.5. The summed E-state index contributed by atoms with van der Waals surface area (Å²) < 4.78 is 12.0. The summed E-state index contributed by atoms with van der Waals surface area (Å²) in [6.45, 7) is 12.8. The van der Waals surface area contributed by atoms with Crippen molar-refractivity contribution in [2.45, 2.75) is 45.3 Å². The van der Waals surface area contributed by atoms with Crippen molar-refractivity contribution in [2.24, 2.45) is 0 Å². The minimum absolute atomic E-state index is 0.323. The molecular formula is C22H34ClN5O2S. The molecule has 0 unspecified atom stereocenters. The standard InChI is InChI=1S/C22H34ClN5O2S/c1-16(2)28(10-11-29-3)17-4-6-26(7-5-17)15-18-14-19-20(31-18)21(25-22(23)24-19)27-8-12-30-13-9-27/h14,16-17H,4-13,15H2,1-3H3. The normalized spacial score (nSPS) is 19.2. The van der Waals surface area contributed by atoms with Crippen molar-refractivity contribution in [1.82, 2.24) is 19.8 Å².